The van der Waals surface area contributed by atoms with Gasteiger partial charge in [0.25, 0.3) is 0 Å². The van der Waals surface area contributed by atoms with E-state index in [0.717, 1.165) is 0 Å². The fraction of sp³-hybridized carbons (Fsp3) is 0.200. The van der Waals surface area contributed by atoms with Crippen molar-refractivity contribution in [2.24, 2.45) is 0 Å². The minimum Gasteiger partial charge on any atom is -0.481 e. The van der Waals surface area contributed by atoms with Crippen LogP contribution in [0.4, 0.5) is 5.69 Å². The lowest BCUT2D eigenvalue weighted by Gasteiger charge is -2.04. The fourth-order valence-corrected chi connectivity index (χ4v) is 1.23. The van der Waals surface area contributed by atoms with Gasteiger partial charge in [-0.1, -0.05) is 0 Å². The van der Waals surface area contributed by atoms with Gasteiger partial charge in [-0.05, 0) is 23.8 Å². The number of methoxy groups -OCH3 is 1. The number of carbonyl (C=O) groups excluding carboxylic acids is 1. The second kappa shape index (κ2) is 4.45. The quantitative estimate of drug-likeness (QED) is 0.564. The Morgan fingerprint density at radius 2 is 2.07 bits per heavy atom. The summed E-state index contributed by atoms with van der Waals surface area (Å²) in [6.45, 7) is 0. The molecule has 0 aromatic heterocycles. The maximum Gasteiger partial charge on any atom is 0.337 e. The van der Waals surface area contributed by atoms with E-state index in [0.29, 0.717) is 11.3 Å². The Hall–Kier alpha value is -2.04. The number of ether oxygens (including phenoxy) is 1. The number of nitrogen functional groups attached to an aromatic ring is 1. The fourth-order valence-electron chi connectivity index (χ4n) is 1.23. The van der Waals surface area contributed by atoms with Crippen LogP contribution in [0.5, 0.6) is 0 Å². The Morgan fingerprint density at radius 1 is 1.40 bits per heavy atom. The van der Waals surface area contributed by atoms with E-state index in [2.05, 4.69) is 4.74 Å². The van der Waals surface area contributed by atoms with Crippen molar-refractivity contribution in [2.45, 2.75) is 6.42 Å². The molecular formula is C10H11NO4. The number of rotatable bonds is 3. The SMILES string of the molecule is COC(=O)c1cc(N)cc(CC(=O)O)c1. The average Bonchev–Trinajstić information content (AvgIpc) is 2.14. The van der Waals surface area contributed by atoms with Crippen molar-refractivity contribution in [2.75, 3.05) is 12.8 Å². The molecule has 0 spiro atoms. The van der Waals surface area contributed by atoms with Gasteiger partial charge in [0, 0.05) is 5.69 Å². The summed E-state index contributed by atoms with van der Waals surface area (Å²) in [5.74, 6) is -1.51. The van der Waals surface area contributed by atoms with Crippen LogP contribution in [0.2, 0.25) is 0 Å². The maximum absolute atomic E-state index is 11.2. The van der Waals surface area contributed by atoms with Crippen LogP contribution in [0.3, 0.4) is 0 Å². The van der Waals surface area contributed by atoms with Gasteiger partial charge in [0.1, 0.15) is 0 Å². The molecule has 1 rings (SSSR count). The summed E-state index contributed by atoms with van der Waals surface area (Å²) in [6, 6.07) is 4.41. The summed E-state index contributed by atoms with van der Waals surface area (Å²) in [5, 5.41) is 8.59. The van der Waals surface area contributed by atoms with Gasteiger partial charge in [-0.25, -0.2) is 4.79 Å². The number of nitrogens with two attached hydrogens (primary N) is 1. The Kier molecular flexibility index (Phi) is 3.28. The van der Waals surface area contributed by atoms with Gasteiger partial charge in [0.05, 0.1) is 19.1 Å². The van der Waals surface area contributed by atoms with Crippen molar-refractivity contribution in [3.05, 3.63) is 29.3 Å². The van der Waals surface area contributed by atoms with Crippen LogP contribution in [0, 0.1) is 0 Å². The Labute approximate surface area is 86.5 Å². The molecule has 0 aliphatic carbocycles. The van der Waals surface area contributed by atoms with Crippen LogP contribution >= 0.6 is 0 Å². The highest BCUT2D eigenvalue weighted by molar-refractivity contribution is 5.91. The number of aliphatic carboxylic acids is 1. The number of anilines is 1. The molecule has 80 valence electrons. The van der Waals surface area contributed by atoms with Gasteiger partial charge in [0.15, 0.2) is 0 Å². The molecule has 0 heterocycles. The zero-order valence-electron chi connectivity index (χ0n) is 8.19. The molecule has 0 saturated carbocycles. The maximum atomic E-state index is 11.2. The predicted octanol–water partition coefficient (Wildman–Crippen LogP) is 0.682. The van der Waals surface area contributed by atoms with E-state index < -0.39 is 11.9 Å². The van der Waals surface area contributed by atoms with E-state index in [1.165, 1.54) is 25.3 Å². The van der Waals surface area contributed by atoms with Crippen molar-refractivity contribution in [1.82, 2.24) is 0 Å². The first-order valence-electron chi connectivity index (χ1n) is 4.22. The zero-order valence-corrected chi connectivity index (χ0v) is 8.19. The monoisotopic (exact) mass is 209 g/mol. The molecular weight excluding hydrogens is 198 g/mol. The van der Waals surface area contributed by atoms with Crippen LogP contribution in [-0.4, -0.2) is 24.2 Å². The Bertz CT molecular complexity index is 400. The number of esters is 1. The third kappa shape index (κ3) is 2.98. The standard InChI is InChI=1S/C10H11NO4/c1-15-10(14)7-2-6(4-9(12)13)3-8(11)5-7/h2-3,5H,4,11H2,1H3,(H,12,13). The van der Waals surface area contributed by atoms with Gasteiger partial charge in [-0.3, -0.25) is 4.79 Å². The van der Waals surface area contributed by atoms with Gasteiger partial charge < -0.3 is 15.6 Å². The number of benzene rings is 1. The summed E-state index contributed by atoms with van der Waals surface area (Å²) in [4.78, 5) is 21.7. The third-order valence-corrected chi connectivity index (χ3v) is 1.79. The molecule has 0 bridgehead atoms. The average molecular weight is 209 g/mol. The summed E-state index contributed by atoms with van der Waals surface area (Å²) >= 11 is 0. The number of carboxylic acids is 1. The van der Waals surface area contributed by atoms with Gasteiger partial charge in [-0.2, -0.15) is 0 Å². The van der Waals surface area contributed by atoms with E-state index in [1.54, 1.807) is 0 Å². The van der Waals surface area contributed by atoms with Crippen LogP contribution in [0.25, 0.3) is 0 Å². The van der Waals surface area contributed by atoms with E-state index in [1.807, 2.05) is 0 Å². The van der Waals surface area contributed by atoms with E-state index in [-0.39, 0.29) is 12.0 Å². The van der Waals surface area contributed by atoms with Crippen LogP contribution in [0.15, 0.2) is 18.2 Å². The van der Waals surface area contributed by atoms with E-state index in [4.69, 9.17) is 10.8 Å². The minimum absolute atomic E-state index is 0.172. The number of carboxylic acid groups (broad SMARTS) is 1. The lowest BCUT2D eigenvalue weighted by atomic mass is 10.1. The minimum atomic E-state index is -0.976. The van der Waals surface area contributed by atoms with Crippen molar-refractivity contribution >= 4 is 17.6 Å². The highest BCUT2D eigenvalue weighted by atomic mass is 16.5. The molecule has 0 radical (unpaired) electrons. The smallest absolute Gasteiger partial charge is 0.337 e. The molecule has 1 aromatic carbocycles. The van der Waals surface area contributed by atoms with Crippen LogP contribution in [0.1, 0.15) is 15.9 Å². The first kappa shape index (κ1) is 11.0. The van der Waals surface area contributed by atoms with Crippen LogP contribution < -0.4 is 5.73 Å². The normalized spacial score (nSPS) is 9.67. The molecule has 15 heavy (non-hydrogen) atoms. The number of carbonyl (C=O) groups is 2. The Balaban J connectivity index is 3.04. The zero-order chi connectivity index (χ0) is 11.4. The van der Waals surface area contributed by atoms with Crippen molar-refractivity contribution in [3.63, 3.8) is 0 Å². The molecule has 1 aromatic rings. The lowest BCUT2D eigenvalue weighted by Crippen LogP contribution is -2.06. The van der Waals surface area contributed by atoms with Gasteiger partial charge in [0.2, 0.25) is 0 Å². The van der Waals surface area contributed by atoms with Gasteiger partial charge >= 0.3 is 11.9 Å². The molecule has 0 aliphatic heterocycles. The van der Waals surface area contributed by atoms with Gasteiger partial charge in [-0.15, -0.1) is 0 Å². The highest BCUT2D eigenvalue weighted by Gasteiger charge is 2.09. The predicted molar refractivity (Wildman–Crippen MR) is 53.5 cm³/mol. The Morgan fingerprint density at radius 3 is 2.60 bits per heavy atom. The molecule has 0 fully saturated rings. The first-order valence-corrected chi connectivity index (χ1v) is 4.22. The van der Waals surface area contributed by atoms with Crippen molar-refractivity contribution < 1.29 is 19.4 Å². The molecule has 0 aliphatic rings. The summed E-state index contributed by atoms with van der Waals surface area (Å²) in [6.07, 6.45) is -0.172. The summed E-state index contributed by atoms with van der Waals surface area (Å²) in [7, 11) is 1.25. The van der Waals surface area contributed by atoms with E-state index in [9.17, 15) is 9.59 Å². The second-order valence-electron chi connectivity index (χ2n) is 3.03. The third-order valence-electron chi connectivity index (χ3n) is 1.79. The molecule has 0 amide bonds. The molecule has 5 heteroatoms. The molecule has 0 unspecified atom stereocenters. The molecule has 3 N–H and O–H groups in total. The summed E-state index contributed by atoms with van der Waals surface area (Å²) in [5.41, 5.74) is 6.60. The second-order valence-corrected chi connectivity index (χ2v) is 3.03. The number of hydrogen-bond donors (Lipinski definition) is 2. The van der Waals surface area contributed by atoms with Crippen LogP contribution in [-0.2, 0) is 16.0 Å². The first-order chi connectivity index (χ1) is 7.02. The summed E-state index contributed by atoms with van der Waals surface area (Å²) < 4.78 is 4.51. The lowest BCUT2D eigenvalue weighted by molar-refractivity contribution is -0.136. The topological polar surface area (TPSA) is 89.6 Å². The largest absolute Gasteiger partial charge is 0.481 e. The van der Waals surface area contributed by atoms with Crippen molar-refractivity contribution in [1.29, 1.82) is 0 Å². The van der Waals surface area contributed by atoms with E-state index >= 15 is 0 Å². The molecule has 5 nitrogen and oxygen atoms in total. The number of hydrogen-bond acceptors (Lipinski definition) is 4. The molecule has 0 saturated heterocycles. The van der Waals surface area contributed by atoms with Crippen molar-refractivity contribution in [3.8, 4) is 0 Å². The highest BCUT2D eigenvalue weighted by Crippen LogP contribution is 2.13. The molecule has 0 atom stereocenters.